The predicted molar refractivity (Wildman–Crippen MR) is 90.9 cm³/mol. The number of amides is 1. The maximum absolute atomic E-state index is 12.4. The number of oxazole rings is 1. The van der Waals surface area contributed by atoms with Gasteiger partial charge in [-0.2, -0.15) is 0 Å². The summed E-state index contributed by atoms with van der Waals surface area (Å²) in [6, 6.07) is 8.18. The fourth-order valence-corrected chi connectivity index (χ4v) is 3.55. The van der Waals surface area contributed by atoms with E-state index in [0.717, 1.165) is 37.7 Å². The quantitative estimate of drug-likeness (QED) is 0.837. The zero-order chi connectivity index (χ0) is 16.5. The van der Waals surface area contributed by atoms with Crippen LogP contribution in [-0.4, -0.2) is 52.5 Å². The summed E-state index contributed by atoms with van der Waals surface area (Å²) in [5.74, 6) is -0.145. The van der Waals surface area contributed by atoms with Crippen molar-refractivity contribution in [3.05, 3.63) is 34.8 Å². The Kier molecular flexibility index (Phi) is 4.14. The van der Waals surface area contributed by atoms with Crippen LogP contribution in [0.2, 0.25) is 0 Å². The number of fused-ring (bicyclic) bond motifs is 1. The lowest BCUT2D eigenvalue weighted by Gasteiger charge is -2.34. The molecular formula is C18H23N3O3. The van der Waals surface area contributed by atoms with Gasteiger partial charge in [-0.15, -0.1) is 0 Å². The molecule has 0 unspecified atom stereocenters. The number of benzene rings is 1. The minimum absolute atomic E-state index is 0.200. The number of hydrogen-bond acceptors (Lipinski definition) is 4. The molecule has 24 heavy (non-hydrogen) atoms. The van der Waals surface area contributed by atoms with E-state index in [1.165, 1.54) is 12.8 Å². The van der Waals surface area contributed by atoms with Crippen LogP contribution >= 0.6 is 0 Å². The average molecular weight is 329 g/mol. The Morgan fingerprint density at radius 3 is 2.62 bits per heavy atom. The fourth-order valence-electron chi connectivity index (χ4n) is 3.55. The van der Waals surface area contributed by atoms with Crippen LogP contribution in [-0.2, 0) is 11.3 Å². The van der Waals surface area contributed by atoms with E-state index in [2.05, 4.69) is 4.90 Å². The first-order valence-electron chi connectivity index (χ1n) is 8.82. The summed E-state index contributed by atoms with van der Waals surface area (Å²) in [6.45, 7) is 4.20. The molecule has 0 N–H and O–H groups in total. The Hall–Kier alpha value is -2.08. The minimum atomic E-state index is -0.346. The molecule has 1 aliphatic heterocycles. The summed E-state index contributed by atoms with van der Waals surface area (Å²) in [6.07, 6.45) is 3.78. The molecule has 0 spiro atoms. The molecule has 1 aromatic heterocycles. The van der Waals surface area contributed by atoms with Crippen LogP contribution in [0.5, 0.6) is 0 Å². The van der Waals surface area contributed by atoms with Crippen LogP contribution in [0.4, 0.5) is 0 Å². The number of aromatic nitrogens is 1. The van der Waals surface area contributed by atoms with Crippen molar-refractivity contribution in [2.75, 3.05) is 26.2 Å². The Labute approximate surface area is 140 Å². The van der Waals surface area contributed by atoms with E-state index in [0.29, 0.717) is 25.0 Å². The zero-order valence-electron chi connectivity index (χ0n) is 13.8. The van der Waals surface area contributed by atoms with Gasteiger partial charge >= 0.3 is 5.76 Å². The standard InChI is InChI=1S/C18H23N3O3/c22-17(20-12-10-19(11-13-20)14-7-8-14)6-3-9-21-15-4-1-2-5-16(15)24-18(21)23/h1-2,4-5,14H,3,6-13H2. The van der Waals surface area contributed by atoms with Crippen molar-refractivity contribution in [3.8, 4) is 0 Å². The van der Waals surface area contributed by atoms with E-state index < -0.39 is 0 Å². The van der Waals surface area contributed by atoms with Gasteiger partial charge in [0.15, 0.2) is 5.58 Å². The van der Waals surface area contributed by atoms with Crippen LogP contribution in [0, 0.1) is 0 Å². The molecule has 6 nitrogen and oxygen atoms in total. The third kappa shape index (κ3) is 3.11. The second kappa shape index (κ2) is 6.43. The number of nitrogens with zero attached hydrogens (tertiary/aromatic N) is 3. The monoisotopic (exact) mass is 329 g/mol. The number of carbonyl (C=O) groups is 1. The molecule has 0 radical (unpaired) electrons. The number of carbonyl (C=O) groups excluding carboxylic acids is 1. The van der Waals surface area contributed by atoms with E-state index in [1.54, 1.807) is 10.6 Å². The number of piperazine rings is 1. The number of rotatable bonds is 5. The first-order valence-corrected chi connectivity index (χ1v) is 8.82. The van der Waals surface area contributed by atoms with Crippen LogP contribution in [0.25, 0.3) is 11.1 Å². The Balaban J connectivity index is 1.29. The number of hydrogen-bond donors (Lipinski definition) is 0. The third-order valence-corrected chi connectivity index (χ3v) is 5.08. The highest BCUT2D eigenvalue weighted by Crippen LogP contribution is 2.27. The third-order valence-electron chi connectivity index (χ3n) is 5.08. The second-order valence-corrected chi connectivity index (χ2v) is 6.74. The summed E-state index contributed by atoms with van der Waals surface area (Å²) in [4.78, 5) is 28.7. The summed E-state index contributed by atoms with van der Waals surface area (Å²) in [5.41, 5.74) is 1.40. The molecular weight excluding hydrogens is 306 g/mol. The van der Waals surface area contributed by atoms with Gasteiger partial charge < -0.3 is 9.32 Å². The van der Waals surface area contributed by atoms with Gasteiger partial charge in [-0.3, -0.25) is 14.3 Å². The Bertz CT molecular complexity index is 782. The molecule has 6 heteroatoms. The number of aryl methyl sites for hydroxylation is 1. The molecule has 1 aromatic carbocycles. The maximum Gasteiger partial charge on any atom is 0.419 e. The zero-order valence-corrected chi connectivity index (χ0v) is 13.8. The van der Waals surface area contributed by atoms with Crippen LogP contribution in [0.3, 0.4) is 0 Å². The molecule has 128 valence electrons. The number of para-hydroxylation sites is 2. The van der Waals surface area contributed by atoms with Crippen molar-refractivity contribution < 1.29 is 9.21 Å². The fraction of sp³-hybridized carbons (Fsp3) is 0.556. The van der Waals surface area contributed by atoms with Crippen LogP contribution in [0.15, 0.2) is 33.5 Å². The van der Waals surface area contributed by atoms with Gasteiger partial charge in [0.05, 0.1) is 5.52 Å². The van der Waals surface area contributed by atoms with Crippen molar-refractivity contribution in [2.24, 2.45) is 0 Å². The highest BCUT2D eigenvalue weighted by molar-refractivity contribution is 5.76. The molecule has 2 aromatic rings. The van der Waals surface area contributed by atoms with E-state index in [9.17, 15) is 9.59 Å². The summed E-state index contributed by atoms with van der Waals surface area (Å²) < 4.78 is 6.84. The molecule has 2 aliphatic rings. The largest absolute Gasteiger partial charge is 0.419 e. The SMILES string of the molecule is O=C(CCCn1c(=O)oc2ccccc21)N1CCN(C2CC2)CC1. The lowest BCUT2D eigenvalue weighted by Crippen LogP contribution is -2.49. The molecule has 1 aliphatic carbocycles. The Morgan fingerprint density at radius 2 is 1.88 bits per heavy atom. The molecule has 1 amide bonds. The molecule has 2 fully saturated rings. The summed E-state index contributed by atoms with van der Waals surface area (Å²) in [7, 11) is 0. The smallest absolute Gasteiger partial charge is 0.408 e. The topological polar surface area (TPSA) is 58.7 Å². The van der Waals surface area contributed by atoms with Crippen molar-refractivity contribution in [1.29, 1.82) is 0 Å². The molecule has 0 atom stereocenters. The van der Waals surface area contributed by atoms with Crippen LogP contribution in [0.1, 0.15) is 25.7 Å². The van der Waals surface area contributed by atoms with E-state index in [-0.39, 0.29) is 11.7 Å². The first-order chi connectivity index (χ1) is 11.7. The van der Waals surface area contributed by atoms with Gasteiger partial charge in [0.25, 0.3) is 0 Å². The van der Waals surface area contributed by atoms with E-state index >= 15 is 0 Å². The van der Waals surface area contributed by atoms with Gasteiger partial charge in [0, 0.05) is 45.2 Å². The summed E-state index contributed by atoms with van der Waals surface area (Å²) >= 11 is 0. The normalized spacial score (nSPS) is 19.1. The van der Waals surface area contributed by atoms with Gasteiger partial charge in [-0.05, 0) is 31.4 Å². The second-order valence-electron chi connectivity index (χ2n) is 6.74. The lowest BCUT2D eigenvalue weighted by molar-refractivity contribution is -0.133. The van der Waals surface area contributed by atoms with Gasteiger partial charge in [0.2, 0.25) is 5.91 Å². The van der Waals surface area contributed by atoms with Crippen LogP contribution < -0.4 is 5.76 Å². The van der Waals surface area contributed by atoms with Gasteiger partial charge in [0.1, 0.15) is 0 Å². The van der Waals surface area contributed by atoms with Crippen molar-refractivity contribution in [3.63, 3.8) is 0 Å². The average Bonchev–Trinajstić information content (AvgIpc) is 3.40. The minimum Gasteiger partial charge on any atom is -0.408 e. The van der Waals surface area contributed by atoms with Crippen molar-refractivity contribution in [1.82, 2.24) is 14.4 Å². The molecule has 1 saturated heterocycles. The van der Waals surface area contributed by atoms with Gasteiger partial charge in [-0.25, -0.2) is 4.79 Å². The highest BCUT2D eigenvalue weighted by atomic mass is 16.4. The van der Waals surface area contributed by atoms with E-state index in [4.69, 9.17) is 4.42 Å². The molecule has 1 saturated carbocycles. The Morgan fingerprint density at radius 1 is 1.12 bits per heavy atom. The molecule has 0 bridgehead atoms. The van der Waals surface area contributed by atoms with Crippen molar-refractivity contribution in [2.45, 2.75) is 38.3 Å². The summed E-state index contributed by atoms with van der Waals surface area (Å²) in [5, 5.41) is 0. The van der Waals surface area contributed by atoms with Crippen molar-refractivity contribution >= 4 is 17.0 Å². The lowest BCUT2D eigenvalue weighted by atomic mass is 10.2. The molecule has 4 rings (SSSR count). The van der Waals surface area contributed by atoms with Gasteiger partial charge in [-0.1, -0.05) is 12.1 Å². The highest BCUT2D eigenvalue weighted by Gasteiger charge is 2.32. The first kappa shape index (κ1) is 15.4. The predicted octanol–water partition coefficient (Wildman–Crippen LogP) is 1.68. The molecule has 2 heterocycles. The maximum atomic E-state index is 12.4. The van der Waals surface area contributed by atoms with E-state index in [1.807, 2.05) is 23.1 Å².